The first kappa shape index (κ1) is 23.5. The number of methoxy groups -OCH3 is 1. The van der Waals surface area contributed by atoms with E-state index in [9.17, 15) is 26.3 Å². The highest BCUT2D eigenvalue weighted by atomic mass is 19.4. The van der Waals surface area contributed by atoms with Crippen molar-refractivity contribution in [1.82, 2.24) is 15.0 Å². The lowest BCUT2D eigenvalue weighted by atomic mass is 10.1. The second-order valence-electron chi connectivity index (χ2n) is 6.69. The molecule has 0 unspecified atom stereocenters. The number of fused-ring (bicyclic) bond motifs is 1. The molecule has 0 aliphatic carbocycles. The molecule has 0 radical (unpaired) electrons. The number of halogens is 6. The number of nitrogens with one attached hydrogen (secondary N) is 1. The molecular weight excluding hydrogens is 442 g/mol. The van der Waals surface area contributed by atoms with Crippen molar-refractivity contribution in [2.45, 2.75) is 25.8 Å². The van der Waals surface area contributed by atoms with Gasteiger partial charge < -0.3 is 14.8 Å². The fourth-order valence-corrected chi connectivity index (χ4v) is 2.89. The first-order valence-corrected chi connectivity index (χ1v) is 9.27. The summed E-state index contributed by atoms with van der Waals surface area (Å²) in [6, 6.07) is 5.44. The molecule has 0 fully saturated rings. The highest BCUT2D eigenvalue weighted by Gasteiger charge is 2.35. The molecule has 0 saturated heterocycles. The maximum absolute atomic E-state index is 13.5. The Bertz CT molecular complexity index is 1100. The molecule has 0 atom stereocenters. The maximum atomic E-state index is 13.5. The number of aryl methyl sites for hydroxylation is 1. The number of anilines is 1. The van der Waals surface area contributed by atoms with Crippen molar-refractivity contribution in [2.24, 2.45) is 0 Å². The third kappa shape index (κ3) is 5.55. The Morgan fingerprint density at radius 1 is 0.938 bits per heavy atom. The standard InChI is InChI=1S/C20H18F6N4O2/c1-11-28-15-9-14(19(21,22)23)16(32-7-6-31-2)8-13(15)18(29-11)27-10-12-4-3-5-17(30-12)20(24,25)26/h3-5,8-9H,6-7,10H2,1-2H3,(H,27,28,29). The smallest absolute Gasteiger partial charge is 0.433 e. The number of benzene rings is 1. The summed E-state index contributed by atoms with van der Waals surface area (Å²) in [5, 5.41) is 3.04. The summed E-state index contributed by atoms with van der Waals surface area (Å²) in [6.45, 7) is 1.31. The minimum absolute atomic E-state index is 0.00316. The summed E-state index contributed by atoms with van der Waals surface area (Å²) in [5.41, 5.74) is -1.98. The Labute approximate surface area is 178 Å². The molecule has 0 amide bonds. The van der Waals surface area contributed by atoms with E-state index < -0.39 is 29.4 Å². The molecule has 0 spiro atoms. The van der Waals surface area contributed by atoms with Crippen LogP contribution in [0.1, 0.15) is 22.8 Å². The van der Waals surface area contributed by atoms with E-state index in [1.807, 2.05) is 0 Å². The van der Waals surface area contributed by atoms with Gasteiger partial charge in [-0.2, -0.15) is 26.3 Å². The van der Waals surface area contributed by atoms with Crippen molar-refractivity contribution >= 4 is 16.7 Å². The summed E-state index contributed by atoms with van der Waals surface area (Å²) in [6.07, 6.45) is -9.29. The molecule has 0 aliphatic heterocycles. The van der Waals surface area contributed by atoms with Crippen LogP contribution >= 0.6 is 0 Å². The third-order valence-corrected chi connectivity index (χ3v) is 4.29. The Morgan fingerprint density at radius 2 is 1.69 bits per heavy atom. The number of hydrogen-bond donors (Lipinski definition) is 1. The van der Waals surface area contributed by atoms with E-state index in [1.54, 1.807) is 0 Å². The lowest BCUT2D eigenvalue weighted by Gasteiger charge is -2.17. The van der Waals surface area contributed by atoms with Gasteiger partial charge in [0.1, 0.15) is 29.7 Å². The zero-order valence-electron chi connectivity index (χ0n) is 16.9. The number of rotatable bonds is 7. The molecule has 0 bridgehead atoms. The van der Waals surface area contributed by atoms with E-state index in [1.165, 1.54) is 26.2 Å². The van der Waals surface area contributed by atoms with Gasteiger partial charge in [0.25, 0.3) is 0 Å². The normalized spacial score (nSPS) is 12.2. The van der Waals surface area contributed by atoms with Gasteiger partial charge >= 0.3 is 12.4 Å². The molecule has 172 valence electrons. The molecule has 3 rings (SSSR count). The molecule has 1 aromatic carbocycles. The van der Waals surface area contributed by atoms with E-state index in [0.29, 0.717) is 0 Å². The van der Waals surface area contributed by atoms with Crippen molar-refractivity contribution in [3.8, 4) is 5.75 Å². The number of ether oxygens (including phenoxy) is 2. The van der Waals surface area contributed by atoms with Crippen LogP contribution in [0.15, 0.2) is 30.3 Å². The lowest BCUT2D eigenvalue weighted by Crippen LogP contribution is -2.13. The monoisotopic (exact) mass is 460 g/mol. The molecule has 0 saturated carbocycles. The SMILES string of the molecule is COCCOc1cc2c(NCc3cccc(C(F)(F)F)n3)nc(C)nc2cc1C(F)(F)F. The van der Waals surface area contributed by atoms with E-state index in [4.69, 9.17) is 9.47 Å². The zero-order chi connectivity index (χ0) is 23.5. The van der Waals surface area contributed by atoms with Gasteiger partial charge in [-0.3, -0.25) is 0 Å². The molecule has 1 N–H and O–H groups in total. The molecule has 3 aromatic rings. The van der Waals surface area contributed by atoms with Crippen molar-refractivity contribution in [3.63, 3.8) is 0 Å². The largest absolute Gasteiger partial charge is 0.491 e. The fourth-order valence-electron chi connectivity index (χ4n) is 2.89. The number of aromatic nitrogens is 3. The molecular formula is C20H18F6N4O2. The average Bonchev–Trinajstić information content (AvgIpc) is 2.71. The zero-order valence-corrected chi connectivity index (χ0v) is 16.9. The minimum atomic E-state index is -4.69. The van der Waals surface area contributed by atoms with Crippen molar-refractivity contribution in [1.29, 1.82) is 0 Å². The Hall–Kier alpha value is -3.15. The maximum Gasteiger partial charge on any atom is 0.433 e. The topological polar surface area (TPSA) is 69.2 Å². The van der Waals surface area contributed by atoms with Gasteiger partial charge in [0.15, 0.2) is 0 Å². The van der Waals surface area contributed by atoms with Crippen LogP contribution in [0, 0.1) is 6.92 Å². The summed E-state index contributed by atoms with van der Waals surface area (Å²) >= 11 is 0. The Balaban J connectivity index is 1.99. The number of nitrogens with zero attached hydrogens (tertiary/aromatic N) is 3. The van der Waals surface area contributed by atoms with Crippen molar-refractivity contribution in [3.05, 3.63) is 53.1 Å². The van der Waals surface area contributed by atoms with Gasteiger partial charge in [0.2, 0.25) is 0 Å². The van der Waals surface area contributed by atoms with Gasteiger partial charge in [-0.1, -0.05) is 6.07 Å². The first-order valence-electron chi connectivity index (χ1n) is 9.27. The second-order valence-corrected chi connectivity index (χ2v) is 6.69. The highest BCUT2D eigenvalue weighted by molar-refractivity contribution is 5.91. The van der Waals surface area contributed by atoms with Crippen molar-refractivity contribution in [2.75, 3.05) is 25.6 Å². The molecule has 0 aliphatic rings. The molecule has 2 heterocycles. The predicted octanol–water partition coefficient (Wildman–Crippen LogP) is 5.01. The minimum Gasteiger partial charge on any atom is -0.491 e. The van der Waals surface area contributed by atoms with Gasteiger partial charge in [-0.15, -0.1) is 0 Å². The summed E-state index contributed by atoms with van der Waals surface area (Å²) in [4.78, 5) is 11.8. The number of pyridine rings is 1. The quantitative estimate of drug-likeness (QED) is 0.395. The van der Waals surface area contributed by atoms with Crippen LogP contribution in [0.5, 0.6) is 5.75 Å². The van der Waals surface area contributed by atoms with Crippen LogP contribution in [0.3, 0.4) is 0 Å². The van der Waals surface area contributed by atoms with Gasteiger partial charge in [0.05, 0.1) is 29.9 Å². The molecule has 32 heavy (non-hydrogen) atoms. The predicted molar refractivity (Wildman–Crippen MR) is 103 cm³/mol. The Morgan fingerprint density at radius 3 is 2.34 bits per heavy atom. The van der Waals surface area contributed by atoms with Crippen LogP contribution in [-0.2, 0) is 23.6 Å². The average molecular weight is 460 g/mol. The van der Waals surface area contributed by atoms with E-state index in [-0.39, 0.29) is 48.0 Å². The van der Waals surface area contributed by atoms with E-state index >= 15 is 0 Å². The molecule has 2 aromatic heterocycles. The highest BCUT2D eigenvalue weighted by Crippen LogP contribution is 2.39. The second kappa shape index (κ2) is 9.15. The van der Waals surface area contributed by atoms with E-state index in [2.05, 4.69) is 20.3 Å². The van der Waals surface area contributed by atoms with Crippen LogP contribution in [0.2, 0.25) is 0 Å². The fraction of sp³-hybridized carbons (Fsp3) is 0.350. The van der Waals surface area contributed by atoms with E-state index in [0.717, 1.165) is 18.2 Å². The Kier molecular flexibility index (Phi) is 6.72. The molecule has 6 nitrogen and oxygen atoms in total. The van der Waals surface area contributed by atoms with Gasteiger partial charge in [-0.25, -0.2) is 15.0 Å². The van der Waals surface area contributed by atoms with Crippen LogP contribution in [0.25, 0.3) is 10.9 Å². The van der Waals surface area contributed by atoms with Crippen LogP contribution in [0.4, 0.5) is 32.2 Å². The third-order valence-electron chi connectivity index (χ3n) is 4.29. The number of alkyl halides is 6. The van der Waals surface area contributed by atoms with Crippen LogP contribution < -0.4 is 10.1 Å². The summed E-state index contributed by atoms with van der Waals surface area (Å²) in [7, 11) is 1.38. The summed E-state index contributed by atoms with van der Waals surface area (Å²) < 4.78 is 89.3. The van der Waals surface area contributed by atoms with Gasteiger partial charge in [-0.05, 0) is 31.2 Å². The lowest BCUT2D eigenvalue weighted by molar-refractivity contribution is -0.141. The molecule has 12 heteroatoms. The van der Waals surface area contributed by atoms with Crippen LogP contribution in [-0.4, -0.2) is 35.3 Å². The summed E-state index contributed by atoms with van der Waals surface area (Å²) in [5.74, 6) is -0.120. The van der Waals surface area contributed by atoms with Crippen molar-refractivity contribution < 1.29 is 35.8 Å². The number of hydrogen-bond acceptors (Lipinski definition) is 6. The van der Waals surface area contributed by atoms with Gasteiger partial charge in [0, 0.05) is 12.5 Å². The first-order chi connectivity index (χ1) is 15.0.